The van der Waals surface area contributed by atoms with Gasteiger partial charge in [-0.1, -0.05) is 35.3 Å². The zero-order valence-corrected chi connectivity index (χ0v) is 19.3. The number of hydrogen-bond acceptors (Lipinski definition) is 3. The van der Waals surface area contributed by atoms with Gasteiger partial charge < -0.3 is 32.6 Å². The number of rotatable bonds is 0. The Labute approximate surface area is 172 Å². The van der Waals surface area contributed by atoms with Gasteiger partial charge in [0.05, 0.1) is 0 Å². The van der Waals surface area contributed by atoms with Gasteiger partial charge in [-0.15, -0.1) is 0 Å². The molecule has 0 rings (SSSR count). The zero-order chi connectivity index (χ0) is 17.6. The van der Waals surface area contributed by atoms with Crippen molar-refractivity contribution in [2.45, 2.75) is 0 Å². The molecule has 1 radical (unpaired) electrons. The second kappa shape index (κ2) is 20.6. The molecule has 22 heavy (non-hydrogen) atoms. The Bertz CT molecular complexity index is 267. The molecule has 0 fully saturated rings. The first-order valence-corrected chi connectivity index (χ1v) is 10.2. The Kier molecular flexibility index (Phi) is 29.4. The molecule has 0 aromatic carbocycles. The van der Waals surface area contributed by atoms with Crippen molar-refractivity contribution in [3.63, 3.8) is 0 Å². The first-order valence-electron chi connectivity index (χ1n) is 5.19. The minimum Gasteiger partial charge on any atom is -0.601 e. The molecule has 0 bridgehead atoms. The third-order valence-corrected chi connectivity index (χ3v) is 5.87. The Hall–Kier alpha value is 1.57. The fourth-order valence-corrected chi connectivity index (χ4v) is 1.23. The average Bonchev–Trinajstić information content (AvgIpc) is 2.45. The van der Waals surface area contributed by atoms with Gasteiger partial charge in [-0.05, 0) is 39.9 Å². The van der Waals surface area contributed by atoms with E-state index < -0.39 is 0 Å². The van der Waals surface area contributed by atoms with Gasteiger partial charge in [0.1, 0.15) is 0 Å². The molecule has 3 N–H and O–H groups in total. The number of nitrogens with one attached hydrogen (secondary N) is 3. The van der Waals surface area contributed by atoms with Crippen LogP contribution in [0.15, 0.2) is 0 Å². The van der Waals surface area contributed by atoms with Crippen LogP contribution in [0.4, 0.5) is 0 Å². The van der Waals surface area contributed by atoms with E-state index in [-0.39, 0.29) is 16.5 Å². The third-order valence-electron chi connectivity index (χ3n) is 1.41. The van der Waals surface area contributed by atoms with Gasteiger partial charge in [-0.3, -0.25) is 0 Å². The molecule has 0 spiro atoms. The van der Waals surface area contributed by atoms with E-state index in [4.69, 9.17) is 17.5 Å². The van der Waals surface area contributed by atoms with Crippen LogP contribution in [0.5, 0.6) is 0 Å². The normalized spacial score (nSPS) is 9.27. The van der Waals surface area contributed by atoms with Crippen molar-refractivity contribution in [3.05, 3.63) is 17.5 Å². The number of thiol groups is 3. The molecular weight excluding hydrogens is 443 g/mol. The molecule has 0 saturated heterocycles. The molecule has 133 valence electrons. The molecule has 0 heterocycles. The van der Waals surface area contributed by atoms with Gasteiger partial charge in [0.25, 0.3) is 13.0 Å². The fraction of sp³-hybridized carbons (Fsp3) is 0.667. The molecule has 0 aliphatic carbocycles. The summed E-state index contributed by atoms with van der Waals surface area (Å²) in [5.41, 5.74) is 0. The minimum absolute atomic E-state index is 0. The SMILES string of the molecule is CSC(=[SH+])N(C)[NH-].CSC(=[SH+])N(C)[NH-].CSC(=[SH+])N(C)[NH-].[Ni+3]. The summed E-state index contributed by atoms with van der Waals surface area (Å²) in [4.78, 5) is 0. The van der Waals surface area contributed by atoms with E-state index in [2.05, 4.69) is 36.7 Å². The Morgan fingerprint density at radius 1 is 0.636 bits per heavy atom. The minimum atomic E-state index is 0. The topological polar surface area (TPSA) is 81.1 Å². The van der Waals surface area contributed by atoms with E-state index >= 15 is 0 Å². The maximum absolute atomic E-state index is 6.88. The number of nitrogens with zero attached hydrogens (tertiary/aromatic N) is 3. The van der Waals surface area contributed by atoms with Crippen LogP contribution in [0.3, 0.4) is 0 Å². The number of hydrogen-bond donors (Lipinski definition) is 0. The van der Waals surface area contributed by atoms with Crippen LogP contribution in [0, 0.1) is 0 Å². The molecular formula is C9H24N6NiS6+3. The van der Waals surface area contributed by atoms with Crippen molar-refractivity contribution in [1.29, 1.82) is 0 Å². The van der Waals surface area contributed by atoms with Crippen LogP contribution >= 0.6 is 35.3 Å². The van der Waals surface area contributed by atoms with Gasteiger partial charge in [0.15, 0.2) is 36.7 Å². The summed E-state index contributed by atoms with van der Waals surface area (Å²) in [5, 5.41) is 3.65. The molecule has 13 heteroatoms. The summed E-state index contributed by atoms with van der Waals surface area (Å²) in [7, 11) is 4.91. The Morgan fingerprint density at radius 2 is 0.773 bits per heavy atom. The molecule has 0 atom stereocenters. The summed E-state index contributed by atoms with van der Waals surface area (Å²) in [6.45, 7) is 0. The molecule has 0 aliphatic heterocycles. The van der Waals surface area contributed by atoms with Crippen LogP contribution in [0.25, 0.3) is 17.5 Å². The monoisotopic (exact) mass is 466 g/mol. The fourth-order valence-electron chi connectivity index (χ4n) is 0.411. The summed E-state index contributed by atoms with van der Waals surface area (Å²) in [6, 6.07) is 0. The average molecular weight is 467 g/mol. The van der Waals surface area contributed by atoms with Crippen LogP contribution in [0.1, 0.15) is 0 Å². The van der Waals surface area contributed by atoms with Gasteiger partial charge in [0.2, 0.25) is 0 Å². The van der Waals surface area contributed by atoms with Crippen molar-refractivity contribution in [2.24, 2.45) is 0 Å². The van der Waals surface area contributed by atoms with Crippen molar-refractivity contribution >= 4 is 84.9 Å². The zero-order valence-electron chi connectivity index (χ0n) is 13.2. The van der Waals surface area contributed by atoms with Crippen molar-refractivity contribution in [1.82, 2.24) is 15.0 Å². The standard InChI is InChI=1S/3C3H7N2S2.Ni/c3*1-5(4)3(6)7-2;/h3*4H,1-2H3;/q3*-1;+3/p+3. The quantitative estimate of drug-likeness (QED) is 0.178. The maximum atomic E-state index is 6.88. The van der Waals surface area contributed by atoms with E-state index in [1.807, 2.05) is 18.8 Å². The summed E-state index contributed by atoms with van der Waals surface area (Å²) >= 11 is 16.2. The van der Waals surface area contributed by atoms with E-state index in [9.17, 15) is 0 Å². The predicted molar refractivity (Wildman–Crippen MR) is 118 cm³/mol. The largest absolute Gasteiger partial charge is 3.00 e. The van der Waals surface area contributed by atoms with E-state index in [1.54, 1.807) is 21.1 Å². The van der Waals surface area contributed by atoms with Gasteiger partial charge in [-0.25, -0.2) is 0 Å². The summed E-state index contributed by atoms with van der Waals surface area (Å²) in [5.74, 6) is 20.6. The van der Waals surface area contributed by atoms with Crippen LogP contribution in [-0.4, -0.2) is 67.9 Å². The predicted octanol–water partition coefficient (Wildman–Crippen LogP) is 1.84. The van der Waals surface area contributed by atoms with E-state index in [0.717, 1.165) is 0 Å². The summed E-state index contributed by atoms with van der Waals surface area (Å²) in [6.07, 6.45) is 5.65. The molecule has 0 amide bonds. The molecule has 6 nitrogen and oxygen atoms in total. The second-order valence-electron chi connectivity index (χ2n) is 3.14. The van der Waals surface area contributed by atoms with Crippen LogP contribution in [-0.2, 0) is 53.1 Å². The third kappa shape index (κ3) is 23.8. The first kappa shape index (κ1) is 31.4. The van der Waals surface area contributed by atoms with Gasteiger partial charge in [0, 0.05) is 0 Å². The van der Waals surface area contributed by atoms with E-state index in [1.165, 1.54) is 50.3 Å². The maximum Gasteiger partial charge on any atom is 3.00 e. The van der Waals surface area contributed by atoms with Crippen LogP contribution < -0.4 is 0 Å². The van der Waals surface area contributed by atoms with E-state index in [0.29, 0.717) is 13.0 Å². The smallest absolute Gasteiger partial charge is 0.601 e. The number of thioether (sulfide) groups is 3. The Balaban J connectivity index is -0.000000108. The molecule has 0 saturated carbocycles. The second-order valence-corrected chi connectivity index (χ2v) is 7.70. The van der Waals surface area contributed by atoms with Crippen LogP contribution in [0.2, 0.25) is 0 Å². The van der Waals surface area contributed by atoms with Gasteiger partial charge >= 0.3 is 16.5 Å². The molecule has 0 unspecified atom stereocenters. The summed E-state index contributed by atoms with van der Waals surface area (Å²) < 4.78 is 2.13. The van der Waals surface area contributed by atoms with Crippen molar-refractivity contribution in [2.75, 3.05) is 39.9 Å². The van der Waals surface area contributed by atoms with Crippen molar-refractivity contribution in [3.8, 4) is 0 Å². The van der Waals surface area contributed by atoms with Crippen molar-refractivity contribution < 1.29 is 16.5 Å². The molecule has 0 aromatic heterocycles. The molecule has 0 aliphatic rings. The Morgan fingerprint density at radius 3 is 0.773 bits per heavy atom. The molecule has 0 aromatic rings. The van der Waals surface area contributed by atoms with Gasteiger partial charge in [-0.2, -0.15) is 0 Å². The first-order chi connectivity index (χ1) is 9.54.